The third kappa shape index (κ3) is 6.32. The van der Waals surface area contributed by atoms with Crippen molar-refractivity contribution >= 4 is 29.9 Å². The zero-order valence-electron chi connectivity index (χ0n) is 25.7. The average molecular weight is 605 g/mol. The molecule has 1 aromatic carbocycles. The number of imidazole rings is 1. The predicted octanol–water partition coefficient (Wildman–Crippen LogP) is 4.27. The average Bonchev–Trinajstić information content (AvgIpc) is 3.34. The van der Waals surface area contributed by atoms with Crippen LogP contribution in [0.1, 0.15) is 50.7 Å². The van der Waals surface area contributed by atoms with Crippen LogP contribution in [0.15, 0.2) is 30.5 Å². The van der Waals surface area contributed by atoms with Crippen LogP contribution in [0.25, 0.3) is 22.3 Å². The maximum atomic E-state index is 15.2. The van der Waals surface area contributed by atoms with E-state index in [1.807, 2.05) is 38.3 Å². The van der Waals surface area contributed by atoms with Crippen LogP contribution < -0.4 is 5.32 Å². The molecule has 44 heavy (non-hydrogen) atoms. The quantitative estimate of drug-likeness (QED) is 0.266. The maximum absolute atomic E-state index is 15.2. The summed E-state index contributed by atoms with van der Waals surface area (Å²) >= 11 is 0. The fourth-order valence-electron chi connectivity index (χ4n) is 6.47. The Bertz CT molecular complexity index is 1670. The summed E-state index contributed by atoms with van der Waals surface area (Å²) in [5, 5.41) is 21.9. The van der Waals surface area contributed by atoms with Gasteiger partial charge in [-0.05, 0) is 83.2 Å². The van der Waals surface area contributed by atoms with Crippen molar-refractivity contribution in [3.63, 3.8) is 0 Å². The molecule has 10 nitrogen and oxygen atoms in total. The summed E-state index contributed by atoms with van der Waals surface area (Å²) in [5.41, 5.74) is 2.94. The molecule has 3 N–H and O–H groups in total. The van der Waals surface area contributed by atoms with Crippen LogP contribution in [0.4, 0.5) is 20.5 Å². The summed E-state index contributed by atoms with van der Waals surface area (Å²) in [4.78, 5) is 22.6. The summed E-state index contributed by atoms with van der Waals surface area (Å²) in [6.45, 7) is 13.3. The van der Waals surface area contributed by atoms with Gasteiger partial charge < -0.3 is 24.8 Å². The van der Waals surface area contributed by atoms with E-state index in [1.54, 1.807) is 6.07 Å². The first-order valence-corrected chi connectivity index (χ1v) is 15.2. The van der Waals surface area contributed by atoms with Crippen LogP contribution in [-0.4, -0.2) is 84.2 Å². The molecule has 0 spiro atoms. The Morgan fingerprint density at radius 2 is 1.73 bits per heavy atom. The number of halogens is 2. The van der Waals surface area contributed by atoms with E-state index in [2.05, 4.69) is 36.1 Å². The van der Waals surface area contributed by atoms with Crippen LogP contribution in [0, 0.1) is 18.6 Å². The van der Waals surface area contributed by atoms with Crippen molar-refractivity contribution < 1.29 is 18.8 Å². The number of aryl methyl sites for hydroxylation is 1. The minimum absolute atomic E-state index is 0.00650. The smallest absolute Gasteiger partial charge is 0.427 e. The Morgan fingerprint density at radius 1 is 0.977 bits per heavy atom. The van der Waals surface area contributed by atoms with Gasteiger partial charge >= 0.3 is 7.12 Å². The fourth-order valence-corrected chi connectivity index (χ4v) is 6.47. The third-order valence-electron chi connectivity index (χ3n) is 8.72. The lowest BCUT2D eigenvalue weighted by Gasteiger charge is -2.34. The standard InChI is InChI=1S/C31H39BF2N8O2/c1-19-36-29-23(33)15-21(16-26(29)42(19)31(2,3)4)28-24(34)17-35-30(39-28)38-27-6-5-20-18-41(12-9-25(20)37-27)14-13-40-10-7-22(8-11-40)32(43)44/h5-6,15-17,22,43-44H,7-14,18H2,1-4H3,(H,35,37,38,39). The number of pyridine rings is 1. The lowest BCUT2D eigenvalue weighted by molar-refractivity contribution is 0.167. The Kier molecular flexibility index (Phi) is 8.40. The number of nitrogens with one attached hydrogen (secondary N) is 1. The van der Waals surface area contributed by atoms with Crippen molar-refractivity contribution in [2.24, 2.45) is 0 Å². The van der Waals surface area contributed by atoms with Gasteiger partial charge in [-0.25, -0.2) is 28.7 Å². The number of nitrogens with zero attached hydrogens (tertiary/aromatic N) is 7. The summed E-state index contributed by atoms with van der Waals surface area (Å²) in [6, 6.07) is 6.91. The first kappa shape index (κ1) is 30.5. The molecule has 1 saturated heterocycles. The number of likely N-dealkylation sites (tertiary alicyclic amines) is 1. The van der Waals surface area contributed by atoms with Gasteiger partial charge in [0.05, 0.1) is 11.7 Å². The SMILES string of the molecule is Cc1nc2c(F)cc(-c3nc(Nc4ccc5c(n4)CCN(CCN4CCC(B(O)O)CC4)C5)ncc3F)cc2n1C(C)(C)C. The van der Waals surface area contributed by atoms with E-state index in [-0.39, 0.29) is 28.5 Å². The van der Waals surface area contributed by atoms with Gasteiger partial charge in [-0.3, -0.25) is 4.90 Å². The number of benzene rings is 1. The van der Waals surface area contributed by atoms with Gasteiger partial charge in [0.15, 0.2) is 11.6 Å². The normalized spacial score (nSPS) is 16.8. The molecule has 6 rings (SSSR count). The molecule has 0 saturated carbocycles. The second kappa shape index (κ2) is 12.1. The Balaban J connectivity index is 1.14. The molecule has 0 aliphatic carbocycles. The molecule has 1 fully saturated rings. The summed E-state index contributed by atoms with van der Waals surface area (Å²) in [6.07, 6.45) is 3.52. The van der Waals surface area contributed by atoms with Crippen molar-refractivity contribution in [1.29, 1.82) is 0 Å². The second-order valence-corrected chi connectivity index (χ2v) is 12.9. The summed E-state index contributed by atoms with van der Waals surface area (Å²) < 4.78 is 32.1. The number of anilines is 2. The van der Waals surface area contributed by atoms with Crippen LogP contribution in [-0.2, 0) is 18.5 Å². The number of piperidine rings is 1. The van der Waals surface area contributed by atoms with E-state index in [4.69, 9.17) is 4.98 Å². The zero-order valence-corrected chi connectivity index (χ0v) is 25.7. The van der Waals surface area contributed by atoms with Crippen LogP contribution in [0.5, 0.6) is 0 Å². The van der Waals surface area contributed by atoms with E-state index in [0.29, 0.717) is 22.7 Å². The van der Waals surface area contributed by atoms with Gasteiger partial charge in [-0.1, -0.05) is 6.07 Å². The highest BCUT2D eigenvalue weighted by Gasteiger charge is 2.28. The lowest BCUT2D eigenvalue weighted by Crippen LogP contribution is -2.42. The Hall–Kier alpha value is -3.52. The number of fused-ring (bicyclic) bond motifs is 2. The van der Waals surface area contributed by atoms with Gasteiger partial charge in [0, 0.05) is 49.4 Å². The van der Waals surface area contributed by atoms with Crippen LogP contribution in [0.2, 0.25) is 5.82 Å². The molecule has 5 heterocycles. The molecule has 2 aliphatic rings. The molecular formula is C31H39BF2N8O2. The molecule has 0 bridgehead atoms. The van der Waals surface area contributed by atoms with E-state index >= 15 is 8.78 Å². The van der Waals surface area contributed by atoms with Crippen LogP contribution in [0.3, 0.4) is 0 Å². The predicted molar refractivity (Wildman–Crippen MR) is 167 cm³/mol. The van der Waals surface area contributed by atoms with Gasteiger partial charge in [-0.15, -0.1) is 0 Å². The number of hydrogen-bond acceptors (Lipinski definition) is 9. The number of aromatic nitrogens is 5. The summed E-state index contributed by atoms with van der Waals surface area (Å²) in [7, 11) is -1.21. The van der Waals surface area contributed by atoms with Gasteiger partial charge in [-0.2, -0.15) is 0 Å². The van der Waals surface area contributed by atoms with Crippen molar-refractivity contribution in [1.82, 2.24) is 34.3 Å². The molecule has 0 radical (unpaired) electrons. The molecule has 232 valence electrons. The first-order valence-electron chi connectivity index (χ1n) is 15.2. The summed E-state index contributed by atoms with van der Waals surface area (Å²) in [5.74, 6) is 0.205. The number of hydrogen-bond donors (Lipinski definition) is 3. The van der Waals surface area contributed by atoms with E-state index in [1.165, 1.54) is 11.6 Å². The van der Waals surface area contributed by atoms with Gasteiger partial charge in [0.2, 0.25) is 5.95 Å². The molecule has 2 aliphatic heterocycles. The van der Waals surface area contributed by atoms with E-state index in [9.17, 15) is 10.0 Å². The lowest BCUT2D eigenvalue weighted by atomic mass is 9.67. The van der Waals surface area contributed by atoms with Crippen molar-refractivity contribution in [3.8, 4) is 11.3 Å². The van der Waals surface area contributed by atoms with Crippen molar-refractivity contribution in [2.75, 3.05) is 38.0 Å². The molecule has 3 aromatic heterocycles. The third-order valence-corrected chi connectivity index (χ3v) is 8.72. The van der Waals surface area contributed by atoms with Crippen molar-refractivity contribution in [3.05, 3.63) is 59.2 Å². The first-order chi connectivity index (χ1) is 21.0. The minimum Gasteiger partial charge on any atom is -0.427 e. The molecule has 0 unspecified atom stereocenters. The van der Waals surface area contributed by atoms with Gasteiger partial charge in [0.25, 0.3) is 0 Å². The van der Waals surface area contributed by atoms with Crippen LogP contribution >= 0.6 is 0 Å². The monoisotopic (exact) mass is 604 g/mol. The van der Waals surface area contributed by atoms with Gasteiger partial charge in [0.1, 0.15) is 22.9 Å². The van der Waals surface area contributed by atoms with Crippen molar-refractivity contribution in [2.45, 2.75) is 64.9 Å². The molecule has 13 heteroatoms. The molecule has 4 aromatic rings. The highest BCUT2D eigenvalue weighted by Crippen LogP contribution is 2.32. The zero-order chi connectivity index (χ0) is 31.2. The Morgan fingerprint density at radius 3 is 2.45 bits per heavy atom. The topological polar surface area (TPSA) is 115 Å². The van der Waals surface area contributed by atoms with E-state index < -0.39 is 18.8 Å². The molecule has 0 amide bonds. The Labute approximate surface area is 256 Å². The highest BCUT2D eigenvalue weighted by molar-refractivity contribution is 6.43. The fraction of sp³-hybridized carbons (Fsp3) is 0.484. The highest BCUT2D eigenvalue weighted by atomic mass is 19.1. The largest absolute Gasteiger partial charge is 0.454 e. The molecule has 0 atom stereocenters. The molecular weight excluding hydrogens is 565 g/mol. The minimum atomic E-state index is -1.21. The number of rotatable bonds is 7. The second-order valence-electron chi connectivity index (χ2n) is 12.9. The van der Waals surface area contributed by atoms with E-state index in [0.717, 1.165) is 70.4 Å². The maximum Gasteiger partial charge on any atom is 0.454 e.